The van der Waals surface area contributed by atoms with E-state index >= 15 is 0 Å². The van der Waals surface area contributed by atoms with Crippen LogP contribution in [0.4, 0.5) is 0 Å². The monoisotopic (exact) mass is 241 g/mol. The van der Waals surface area contributed by atoms with Crippen molar-refractivity contribution in [3.63, 3.8) is 0 Å². The first-order valence-electron chi connectivity index (χ1n) is 7.42. The van der Waals surface area contributed by atoms with E-state index in [-0.39, 0.29) is 0 Å². The highest BCUT2D eigenvalue weighted by Crippen LogP contribution is 2.23. The molecular formula is C15H31NO. The van der Waals surface area contributed by atoms with Gasteiger partial charge in [0.2, 0.25) is 0 Å². The average Bonchev–Trinajstić information content (AvgIpc) is 2.25. The Bertz CT molecular complexity index is 181. The van der Waals surface area contributed by atoms with Crippen LogP contribution in [0.5, 0.6) is 0 Å². The summed E-state index contributed by atoms with van der Waals surface area (Å²) in [5.41, 5.74) is 0. The standard InChI is InChI=1S/C15H31NO/c1-13(2)12-15-6-9-16(10-7-15)8-5-11-17-14(3)4/h13-15H,5-12H2,1-4H3. The fraction of sp³-hybridized carbons (Fsp3) is 1.00. The highest BCUT2D eigenvalue weighted by Gasteiger charge is 2.19. The zero-order chi connectivity index (χ0) is 12.7. The van der Waals surface area contributed by atoms with Crippen LogP contribution < -0.4 is 0 Å². The zero-order valence-electron chi connectivity index (χ0n) is 12.2. The number of nitrogens with zero attached hydrogens (tertiary/aromatic N) is 1. The molecule has 1 aliphatic heterocycles. The number of likely N-dealkylation sites (tertiary alicyclic amines) is 1. The lowest BCUT2D eigenvalue weighted by atomic mass is 9.88. The van der Waals surface area contributed by atoms with Gasteiger partial charge in [0.1, 0.15) is 0 Å². The zero-order valence-corrected chi connectivity index (χ0v) is 12.2. The molecular weight excluding hydrogens is 210 g/mol. The summed E-state index contributed by atoms with van der Waals surface area (Å²) in [5.74, 6) is 1.85. The van der Waals surface area contributed by atoms with E-state index in [0.717, 1.165) is 18.4 Å². The lowest BCUT2D eigenvalue weighted by Gasteiger charge is -2.32. The van der Waals surface area contributed by atoms with Gasteiger partial charge in [0.15, 0.2) is 0 Å². The molecule has 1 saturated heterocycles. The average molecular weight is 241 g/mol. The van der Waals surface area contributed by atoms with Crippen LogP contribution in [-0.2, 0) is 4.74 Å². The van der Waals surface area contributed by atoms with Crippen LogP contribution in [0.1, 0.15) is 53.4 Å². The minimum absolute atomic E-state index is 0.381. The van der Waals surface area contributed by atoms with Crippen LogP contribution in [0.2, 0.25) is 0 Å². The molecule has 1 fully saturated rings. The number of ether oxygens (including phenoxy) is 1. The molecule has 0 atom stereocenters. The lowest BCUT2D eigenvalue weighted by Crippen LogP contribution is -2.35. The van der Waals surface area contributed by atoms with Crippen LogP contribution in [0, 0.1) is 11.8 Å². The van der Waals surface area contributed by atoms with Gasteiger partial charge in [0.05, 0.1) is 6.10 Å². The molecule has 2 heteroatoms. The molecule has 102 valence electrons. The smallest absolute Gasteiger partial charge is 0.0518 e. The van der Waals surface area contributed by atoms with Gasteiger partial charge in [-0.25, -0.2) is 0 Å². The predicted octanol–water partition coefficient (Wildman–Crippen LogP) is 3.56. The van der Waals surface area contributed by atoms with E-state index in [1.807, 2.05) is 0 Å². The van der Waals surface area contributed by atoms with Crippen molar-refractivity contribution >= 4 is 0 Å². The van der Waals surface area contributed by atoms with Gasteiger partial charge in [-0.1, -0.05) is 13.8 Å². The third-order valence-electron chi connectivity index (χ3n) is 3.58. The molecule has 0 saturated carbocycles. The first kappa shape index (κ1) is 15.0. The van der Waals surface area contributed by atoms with Crippen molar-refractivity contribution in [3.8, 4) is 0 Å². The SMILES string of the molecule is CC(C)CC1CCN(CCCOC(C)C)CC1. The van der Waals surface area contributed by atoms with Crippen molar-refractivity contribution in [2.45, 2.75) is 59.5 Å². The van der Waals surface area contributed by atoms with E-state index in [0.29, 0.717) is 6.10 Å². The minimum atomic E-state index is 0.381. The molecule has 0 amide bonds. The summed E-state index contributed by atoms with van der Waals surface area (Å²) in [6.45, 7) is 13.7. The van der Waals surface area contributed by atoms with Gasteiger partial charge in [-0.05, 0) is 64.5 Å². The molecule has 17 heavy (non-hydrogen) atoms. The lowest BCUT2D eigenvalue weighted by molar-refractivity contribution is 0.0666. The summed E-state index contributed by atoms with van der Waals surface area (Å²) in [4.78, 5) is 2.61. The van der Waals surface area contributed by atoms with Gasteiger partial charge in [-0.2, -0.15) is 0 Å². The fourth-order valence-corrected chi connectivity index (χ4v) is 2.72. The molecule has 2 nitrogen and oxygen atoms in total. The maximum absolute atomic E-state index is 5.58. The normalized spacial score (nSPS) is 19.4. The molecule has 1 aliphatic rings. The summed E-state index contributed by atoms with van der Waals surface area (Å²) in [6, 6.07) is 0. The van der Waals surface area contributed by atoms with Gasteiger partial charge in [0, 0.05) is 13.2 Å². The summed E-state index contributed by atoms with van der Waals surface area (Å²) >= 11 is 0. The Hall–Kier alpha value is -0.0800. The molecule has 0 radical (unpaired) electrons. The molecule has 0 aromatic rings. The van der Waals surface area contributed by atoms with Gasteiger partial charge in [-0.15, -0.1) is 0 Å². The minimum Gasteiger partial charge on any atom is -0.379 e. The molecule has 0 aliphatic carbocycles. The van der Waals surface area contributed by atoms with Crippen LogP contribution in [0.15, 0.2) is 0 Å². The molecule has 0 unspecified atom stereocenters. The second kappa shape index (κ2) is 8.10. The fourth-order valence-electron chi connectivity index (χ4n) is 2.72. The van der Waals surface area contributed by atoms with Crippen molar-refractivity contribution < 1.29 is 4.74 Å². The highest BCUT2D eigenvalue weighted by molar-refractivity contribution is 4.73. The molecule has 0 aromatic carbocycles. The molecule has 0 N–H and O–H groups in total. The van der Waals surface area contributed by atoms with Crippen LogP contribution in [-0.4, -0.2) is 37.2 Å². The van der Waals surface area contributed by atoms with Crippen molar-refractivity contribution in [1.29, 1.82) is 0 Å². The third kappa shape index (κ3) is 7.05. The van der Waals surface area contributed by atoms with Crippen molar-refractivity contribution in [1.82, 2.24) is 4.90 Å². The number of hydrogen-bond acceptors (Lipinski definition) is 2. The van der Waals surface area contributed by atoms with E-state index in [2.05, 4.69) is 32.6 Å². The largest absolute Gasteiger partial charge is 0.379 e. The molecule has 0 aromatic heterocycles. The molecule has 0 bridgehead atoms. The maximum Gasteiger partial charge on any atom is 0.0518 e. The van der Waals surface area contributed by atoms with E-state index in [1.165, 1.54) is 45.3 Å². The molecule has 0 spiro atoms. The highest BCUT2D eigenvalue weighted by atomic mass is 16.5. The summed E-state index contributed by atoms with van der Waals surface area (Å²) in [6.07, 6.45) is 5.80. The number of hydrogen-bond donors (Lipinski definition) is 0. The second-order valence-electron chi connectivity index (χ2n) is 6.19. The predicted molar refractivity (Wildman–Crippen MR) is 74.3 cm³/mol. The van der Waals surface area contributed by atoms with Gasteiger partial charge in [-0.3, -0.25) is 0 Å². The van der Waals surface area contributed by atoms with Crippen LogP contribution >= 0.6 is 0 Å². The van der Waals surface area contributed by atoms with E-state index in [4.69, 9.17) is 4.74 Å². The summed E-state index contributed by atoms with van der Waals surface area (Å²) < 4.78 is 5.58. The van der Waals surface area contributed by atoms with E-state index in [9.17, 15) is 0 Å². The van der Waals surface area contributed by atoms with Crippen molar-refractivity contribution in [2.24, 2.45) is 11.8 Å². The van der Waals surface area contributed by atoms with Crippen molar-refractivity contribution in [3.05, 3.63) is 0 Å². The Labute approximate surface area is 108 Å². The van der Waals surface area contributed by atoms with Crippen LogP contribution in [0.25, 0.3) is 0 Å². The Morgan fingerprint density at radius 1 is 1.12 bits per heavy atom. The topological polar surface area (TPSA) is 12.5 Å². The molecule has 1 rings (SSSR count). The maximum atomic E-state index is 5.58. The Morgan fingerprint density at radius 3 is 2.29 bits per heavy atom. The Morgan fingerprint density at radius 2 is 1.76 bits per heavy atom. The first-order chi connectivity index (χ1) is 8.08. The quantitative estimate of drug-likeness (QED) is 0.632. The van der Waals surface area contributed by atoms with E-state index < -0.39 is 0 Å². The summed E-state index contributed by atoms with van der Waals surface area (Å²) in [5, 5.41) is 0. The number of rotatable bonds is 7. The van der Waals surface area contributed by atoms with Crippen molar-refractivity contribution in [2.75, 3.05) is 26.2 Å². The third-order valence-corrected chi connectivity index (χ3v) is 3.58. The second-order valence-corrected chi connectivity index (χ2v) is 6.19. The Balaban J connectivity index is 2.03. The number of piperidine rings is 1. The van der Waals surface area contributed by atoms with Gasteiger partial charge in [0.25, 0.3) is 0 Å². The summed E-state index contributed by atoms with van der Waals surface area (Å²) in [7, 11) is 0. The van der Waals surface area contributed by atoms with E-state index in [1.54, 1.807) is 0 Å². The first-order valence-corrected chi connectivity index (χ1v) is 7.42. The van der Waals surface area contributed by atoms with Gasteiger partial charge >= 0.3 is 0 Å². The van der Waals surface area contributed by atoms with Crippen LogP contribution in [0.3, 0.4) is 0 Å². The molecule has 1 heterocycles. The Kier molecular flexibility index (Phi) is 7.14. The van der Waals surface area contributed by atoms with Gasteiger partial charge < -0.3 is 9.64 Å².